The fraction of sp³-hybridized carbons (Fsp3) is 1.00. The zero-order valence-electron chi connectivity index (χ0n) is 7.99. The van der Waals surface area contributed by atoms with E-state index in [-0.39, 0.29) is 0 Å². The monoisotopic (exact) mass is 181 g/mol. The van der Waals surface area contributed by atoms with Gasteiger partial charge in [0.1, 0.15) is 0 Å². The molecule has 0 bridgehead atoms. The topological polar surface area (TPSA) is 119 Å². The highest BCUT2D eigenvalue weighted by atomic mass is 16.8. The molecular formula is C6H21N4O2+. The standard InChI is InChI=1S/2C3H9N.H3N2O2/c1-3(2)4;1-2-3-4;1-2(3)4/h3H,4H2,1-2H3;2-4H2,1H3;(H3,1,3,4)/q;;+1. The van der Waals surface area contributed by atoms with Gasteiger partial charge in [-0.2, -0.15) is 0 Å². The van der Waals surface area contributed by atoms with Crippen LogP contribution in [0.25, 0.3) is 0 Å². The van der Waals surface area contributed by atoms with Crippen LogP contribution in [-0.2, 0) is 0 Å². The van der Waals surface area contributed by atoms with Gasteiger partial charge in [0.05, 0.1) is 0 Å². The molecule has 76 valence electrons. The van der Waals surface area contributed by atoms with Crippen molar-refractivity contribution in [2.45, 2.75) is 33.2 Å². The molecule has 0 saturated heterocycles. The predicted octanol–water partition coefficient (Wildman–Crippen LogP) is 0.517. The molecule has 0 rings (SSSR count). The van der Waals surface area contributed by atoms with Crippen LogP contribution >= 0.6 is 0 Å². The van der Waals surface area contributed by atoms with Gasteiger partial charge in [-0.15, -0.1) is 0 Å². The number of hydrogen-bond donors (Lipinski definition) is 5. The summed E-state index contributed by atoms with van der Waals surface area (Å²) in [4.78, 5) is 0. The van der Waals surface area contributed by atoms with E-state index in [1.54, 1.807) is 0 Å². The highest BCUT2D eigenvalue weighted by Crippen LogP contribution is 1.58. The summed E-state index contributed by atoms with van der Waals surface area (Å²) < 4.78 is 0. The maximum absolute atomic E-state index is 7.11. The average Bonchev–Trinajstić information content (AvgIpc) is 1.85. The maximum atomic E-state index is 7.11. The van der Waals surface area contributed by atoms with Gasteiger partial charge >= 0.3 is 5.02 Å². The molecule has 0 aromatic rings. The van der Waals surface area contributed by atoms with E-state index in [9.17, 15) is 0 Å². The van der Waals surface area contributed by atoms with E-state index in [0.29, 0.717) is 6.04 Å². The Balaban J connectivity index is -0.000000101. The average molecular weight is 181 g/mol. The van der Waals surface area contributed by atoms with E-state index in [2.05, 4.69) is 6.92 Å². The summed E-state index contributed by atoms with van der Waals surface area (Å²) in [5.74, 6) is 0. The van der Waals surface area contributed by atoms with Crippen molar-refractivity contribution in [3.05, 3.63) is 0 Å². The molecule has 0 amide bonds. The van der Waals surface area contributed by atoms with Crippen molar-refractivity contribution in [2.24, 2.45) is 11.5 Å². The Labute approximate surface area is 73.2 Å². The molecule has 0 saturated carbocycles. The summed E-state index contributed by atoms with van der Waals surface area (Å²) in [7, 11) is 0. The van der Waals surface area contributed by atoms with Crippen LogP contribution in [0.5, 0.6) is 0 Å². The number of rotatable bonds is 1. The highest BCUT2D eigenvalue weighted by Gasteiger charge is 1.68. The Kier molecular flexibility index (Phi) is 23.9. The Morgan fingerprint density at radius 3 is 1.50 bits per heavy atom. The van der Waals surface area contributed by atoms with Gasteiger partial charge in [0.2, 0.25) is 0 Å². The molecule has 0 aliphatic carbocycles. The van der Waals surface area contributed by atoms with Crippen molar-refractivity contribution in [1.29, 1.82) is 5.53 Å². The lowest BCUT2D eigenvalue weighted by molar-refractivity contribution is -1.01. The third-order valence-electron chi connectivity index (χ3n) is 0.289. The van der Waals surface area contributed by atoms with Crippen LogP contribution in [0.15, 0.2) is 0 Å². The van der Waals surface area contributed by atoms with Crippen LogP contribution in [0.3, 0.4) is 0 Å². The number of nitrogens with one attached hydrogen (secondary N) is 1. The van der Waals surface area contributed by atoms with Crippen molar-refractivity contribution >= 4 is 0 Å². The first-order valence-electron chi connectivity index (χ1n) is 3.73. The second-order valence-corrected chi connectivity index (χ2v) is 2.32. The summed E-state index contributed by atoms with van der Waals surface area (Å²) in [6, 6.07) is 0.333. The Hall–Kier alpha value is -0.880. The molecule has 0 fully saturated rings. The molecule has 0 heterocycles. The number of nitrogens with two attached hydrogens (primary N) is 2. The van der Waals surface area contributed by atoms with E-state index >= 15 is 0 Å². The summed E-state index contributed by atoms with van der Waals surface area (Å²) >= 11 is 0. The fourth-order valence-electron chi connectivity index (χ4n) is 0. The third kappa shape index (κ3) is 41800. The van der Waals surface area contributed by atoms with Gasteiger partial charge in [-0.05, 0) is 19.0 Å². The summed E-state index contributed by atoms with van der Waals surface area (Å²) in [6.07, 6.45) is 1.10. The van der Waals surface area contributed by atoms with Gasteiger partial charge < -0.3 is 11.5 Å². The third-order valence-corrected chi connectivity index (χ3v) is 0.289. The largest absolute Gasteiger partial charge is 0.330 e. The lowest BCUT2D eigenvalue weighted by atomic mass is 10.5. The lowest BCUT2D eigenvalue weighted by Gasteiger charge is -1.81. The Morgan fingerprint density at radius 2 is 1.50 bits per heavy atom. The van der Waals surface area contributed by atoms with Crippen LogP contribution in [0.1, 0.15) is 27.2 Å². The minimum Gasteiger partial charge on any atom is -0.330 e. The summed E-state index contributed by atoms with van der Waals surface area (Å²) in [5.41, 5.74) is 15.7. The minimum absolute atomic E-state index is 0.333. The van der Waals surface area contributed by atoms with Gasteiger partial charge in [0.25, 0.3) is 0 Å². The first-order valence-corrected chi connectivity index (χ1v) is 3.73. The van der Waals surface area contributed by atoms with Gasteiger partial charge in [-0.3, -0.25) is 0 Å². The van der Waals surface area contributed by atoms with Crippen LogP contribution in [0.4, 0.5) is 0 Å². The molecule has 0 aliphatic rings. The molecular weight excluding hydrogens is 160 g/mol. The van der Waals surface area contributed by atoms with Crippen LogP contribution in [0.2, 0.25) is 0 Å². The summed E-state index contributed by atoms with van der Waals surface area (Å²) in [5, 5.41) is 13.5. The van der Waals surface area contributed by atoms with Crippen molar-refractivity contribution in [3.63, 3.8) is 0 Å². The van der Waals surface area contributed by atoms with E-state index < -0.39 is 5.02 Å². The molecule has 6 nitrogen and oxygen atoms in total. The zero-order valence-corrected chi connectivity index (χ0v) is 7.99. The van der Waals surface area contributed by atoms with Crippen molar-refractivity contribution in [3.8, 4) is 0 Å². The molecule has 6 heteroatoms. The zero-order chi connectivity index (χ0) is 10.6. The van der Waals surface area contributed by atoms with Crippen LogP contribution in [0, 0.1) is 5.53 Å². The Morgan fingerprint density at radius 1 is 1.42 bits per heavy atom. The SMILES string of the molecule is CC(C)N.CCCN.N=[N+](O)O. The normalized spacial score (nSPS) is 7.50. The molecule has 0 aromatic carbocycles. The second kappa shape index (κ2) is 16.6. The van der Waals surface area contributed by atoms with Crippen molar-refractivity contribution < 1.29 is 15.4 Å². The van der Waals surface area contributed by atoms with E-state index in [1.807, 2.05) is 13.8 Å². The molecule has 0 aliphatic heterocycles. The Bertz CT molecular complexity index is 78.9. The molecule has 0 radical (unpaired) electrons. The summed E-state index contributed by atoms with van der Waals surface area (Å²) in [6.45, 7) is 6.76. The molecule has 12 heavy (non-hydrogen) atoms. The molecule has 0 unspecified atom stereocenters. The van der Waals surface area contributed by atoms with Crippen molar-refractivity contribution in [1.82, 2.24) is 0 Å². The molecule has 0 spiro atoms. The first kappa shape index (κ1) is 17.3. The van der Waals surface area contributed by atoms with Crippen LogP contribution < -0.4 is 11.5 Å². The molecule has 0 aromatic heterocycles. The maximum Gasteiger partial charge on any atom is 0.326 e. The van der Waals surface area contributed by atoms with E-state index in [0.717, 1.165) is 13.0 Å². The number of hydrogen-bond acceptors (Lipinski definition) is 3. The first-order chi connectivity index (χ1) is 5.38. The number of nitrogens with zero attached hydrogens (tertiary/aromatic N) is 1. The predicted molar refractivity (Wildman–Crippen MR) is 45.2 cm³/mol. The molecule has 0 atom stereocenters. The highest BCUT2D eigenvalue weighted by molar-refractivity contribution is 4.32. The lowest BCUT2D eigenvalue weighted by Crippen LogP contribution is -2.06. The van der Waals surface area contributed by atoms with Gasteiger partial charge in [0, 0.05) is 5.53 Å². The van der Waals surface area contributed by atoms with E-state index in [1.165, 1.54) is 0 Å². The van der Waals surface area contributed by atoms with Crippen molar-refractivity contribution in [2.75, 3.05) is 6.54 Å². The molecule has 7 N–H and O–H groups in total. The second-order valence-electron chi connectivity index (χ2n) is 2.32. The van der Waals surface area contributed by atoms with Gasteiger partial charge in [-0.25, -0.2) is 10.4 Å². The van der Waals surface area contributed by atoms with Gasteiger partial charge in [-0.1, -0.05) is 20.8 Å². The minimum atomic E-state index is -0.750. The van der Waals surface area contributed by atoms with Crippen LogP contribution in [-0.4, -0.2) is 28.0 Å². The fourth-order valence-corrected chi connectivity index (χ4v) is 0. The van der Waals surface area contributed by atoms with E-state index in [4.69, 9.17) is 27.4 Å². The smallest absolute Gasteiger partial charge is 0.326 e. The van der Waals surface area contributed by atoms with Gasteiger partial charge in [0.15, 0.2) is 0 Å². The quantitative estimate of drug-likeness (QED) is 0.299.